The maximum absolute atomic E-state index is 13.2. The van der Waals surface area contributed by atoms with Crippen molar-refractivity contribution in [3.8, 4) is 0 Å². The van der Waals surface area contributed by atoms with Crippen molar-refractivity contribution in [2.75, 3.05) is 38.7 Å². The van der Waals surface area contributed by atoms with Gasteiger partial charge in [0.05, 0.1) is 61.6 Å². The van der Waals surface area contributed by atoms with Gasteiger partial charge in [0, 0.05) is 23.1 Å². The Morgan fingerprint density at radius 3 is 2.52 bits per heavy atom. The third-order valence-corrected chi connectivity index (χ3v) is 18.0. The Labute approximate surface area is 281 Å². The molecule has 0 aromatic carbocycles. The highest BCUT2D eigenvalue weighted by Gasteiger charge is 2.81. The van der Waals surface area contributed by atoms with Crippen LogP contribution in [0.3, 0.4) is 0 Å². The second kappa shape index (κ2) is 11.2. The average Bonchev–Trinajstić information content (AvgIpc) is 3.52. The molecule has 0 bridgehead atoms. The SMILES string of the molecule is CCS(=O)C(C1C[C@@H](C)[C@H]2C(CC3C4CC[C@H]5C(C)(C)C(OC6CN(C7COC7)CCO6)CCC56CC46CCC32C)O1)C(C)(C)O. The number of nitrogens with zero attached hydrogens (tertiary/aromatic N) is 1. The predicted molar refractivity (Wildman–Crippen MR) is 180 cm³/mol. The molecule has 0 aromatic rings. The Morgan fingerprint density at radius 1 is 1.04 bits per heavy atom. The van der Waals surface area contributed by atoms with Crippen LogP contribution in [0.2, 0.25) is 0 Å². The first-order valence-corrected chi connectivity index (χ1v) is 20.5. The molecule has 0 radical (unpaired) electrons. The molecule has 8 heteroatoms. The minimum absolute atomic E-state index is 0.119. The highest BCUT2D eigenvalue weighted by atomic mass is 32.2. The fourth-order valence-electron chi connectivity index (χ4n) is 14.1. The monoisotopic (exact) mass is 661 g/mol. The van der Waals surface area contributed by atoms with Gasteiger partial charge in [-0.25, -0.2) is 0 Å². The average molecular weight is 662 g/mol. The zero-order valence-electron chi connectivity index (χ0n) is 29.8. The predicted octanol–water partition coefficient (Wildman–Crippen LogP) is 5.79. The van der Waals surface area contributed by atoms with E-state index in [1.54, 1.807) is 0 Å². The van der Waals surface area contributed by atoms with E-state index in [2.05, 4.69) is 32.6 Å². The maximum atomic E-state index is 13.2. The number of morpholine rings is 1. The standard InChI is InChI=1S/C38H63NO6S/c1-8-46(41)33(35(5,6)40)28-17-23(2)32-27(44-28)18-26-25-9-10-29-34(3,4)30(45-31-19-39(15-16-43-31)24-20-42-21-24)11-12-38(29)22-37(25,38)14-13-36(26,32)7/h23-33,40H,8-22H2,1-7H3/t23-,25?,26?,27?,28?,29+,30?,31?,32+,33?,36?,37?,38?,46?/m1/s1. The normalized spacial score (nSPS) is 51.4. The van der Waals surface area contributed by atoms with Crippen molar-refractivity contribution in [1.29, 1.82) is 0 Å². The van der Waals surface area contributed by atoms with Crippen LogP contribution >= 0.6 is 0 Å². The summed E-state index contributed by atoms with van der Waals surface area (Å²) in [6, 6.07) is 0.540. The quantitative estimate of drug-likeness (QED) is 0.370. The second-order valence-corrected chi connectivity index (χ2v) is 20.6. The van der Waals surface area contributed by atoms with E-state index in [0.717, 1.165) is 64.0 Å². The van der Waals surface area contributed by atoms with Crippen LogP contribution in [0.4, 0.5) is 0 Å². The Hall–Kier alpha value is -0.0900. The lowest BCUT2D eigenvalue weighted by Gasteiger charge is -2.60. The van der Waals surface area contributed by atoms with E-state index in [-0.39, 0.29) is 35.3 Å². The van der Waals surface area contributed by atoms with Gasteiger partial charge in [0.15, 0.2) is 6.29 Å². The summed E-state index contributed by atoms with van der Waals surface area (Å²) in [7, 11) is -1.10. The highest BCUT2D eigenvalue weighted by Crippen LogP contribution is 2.87. The van der Waals surface area contributed by atoms with Crippen molar-refractivity contribution in [3.63, 3.8) is 0 Å². The van der Waals surface area contributed by atoms with E-state index >= 15 is 0 Å². The van der Waals surface area contributed by atoms with E-state index in [4.69, 9.17) is 18.9 Å². The topological polar surface area (TPSA) is 77.5 Å². The van der Waals surface area contributed by atoms with Gasteiger partial charge in [-0.05, 0) is 123 Å². The number of hydrogen-bond donors (Lipinski definition) is 1. The summed E-state index contributed by atoms with van der Waals surface area (Å²) < 4.78 is 38.9. The first kappa shape index (κ1) is 33.1. The molecule has 7 nitrogen and oxygen atoms in total. The fraction of sp³-hybridized carbons (Fsp3) is 1.00. The van der Waals surface area contributed by atoms with Gasteiger partial charge in [0.1, 0.15) is 0 Å². The lowest BCUT2D eigenvalue weighted by Crippen LogP contribution is -2.58. The Morgan fingerprint density at radius 2 is 1.83 bits per heavy atom. The van der Waals surface area contributed by atoms with Gasteiger partial charge < -0.3 is 24.1 Å². The molecule has 11 unspecified atom stereocenters. The zero-order valence-corrected chi connectivity index (χ0v) is 30.6. The van der Waals surface area contributed by atoms with Gasteiger partial charge >= 0.3 is 0 Å². The van der Waals surface area contributed by atoms with Crippen LogP contribution < -0.4 is 0 Å². The van der Waals surface area contributed by atoms with Gasteiger partial charge in [-0.1, -0.05) is 34.6 Å². The molecule has 1 N–H and O–H groups in total. The minimum Gasteiger partial charge on any atom is -0.389 e. The molecular formula is C38H63NO6S. The van der Waals surface area contributed by atoms with E-state index in [9.17, 15) is 9.32 Å². The number of hydrogen-bond acceptors (Lipinski definition) is 7. The van der Waals surface area contributed by atoms with Crippen LogP contribution in [-0.4, -0.2) is 94.4 Å². The third-order valence-electron chi connectivity index (χ3n) is 16.0. The molecule has 8 fully saturated rings. The van der Waals surface area contributed by atoms with E-state index in [0.29, 0.717) is 45.8 Å². The van der Waals surface area contributed by atoms with Crippen LogP contribution in [-0.2, 0) is 29.7 Å². The third kappa shape index (κ3) is 4.72. The van der Waals surface area contributed by atoms with Crippen molar-refractivity contribution in [1.82, 2.24) is 4.90 Å². The van der Waals surface area contributed by atoms with Gasteiger partial charge in [-0.3, -0.25) is 9.11 Å². The van der Waals surface area contributed by atoms with Gasteiger partial charge in [0.25, 0.3) is 0 Å². The van der Waals surface area contributed by atoms with Gasteiger partial charge in [-0.15, -0.1) is 0 Å². The van der Waals surface area contributed by atoms with Gasteiger partial charge in [0.2, 0.25) is 0 Å². The maximum Gasteiger partial charge on any atom is 0.170 e. The molecule has 262 valence electrons. The summed E-state index contributed by atoms with van der Waals surface area (Å²) in [6.07, 6.45) is 11.6. The first-order chi connectivity index (χ1) is 21.7. The van der Waals surface area contributed by atoms with Crippen molar-refractivity contribution >= 4 is 10.8 Å². The van der Waals surface area contributed by atoms with E-state index in [1.165, 1.54) is 38.5 Å². The van der Waals surface area contributed by atoms with Crippen LogP contribution in [0.25, 0.3) is 0 Å². The largest absolute Gasteiger partial charge is 0.389 e. The molecular weight excluding hydrogens is 598 g/mol. The summed E-state index contributed by atoms with van der Waals surface area (Å²) in [5.74, 6) is 3.89. The molecule has 2 spiro atoms. The second-order valence-electron chi connectivity index (χ2n) is 18.7. The molecule has 3 heterocycles. The Bertz CT molecular complexity index is 1200. The lowest BCUT2D eigenvalue weighted by molar-refractivity contribution is -0.253. The zero-order chi connectivity index (χ0) is 32.4. The molecule has 3 saturated heterocycles. The van der Waals surface area contributed by atoms with E-state index in [1.807, 2.05) is 20.8 Å². The van der Waals surface area contributed by atoms with Crippen LogP contribution in [0.15, 0.2) is 0 Å². The Balaban J connectivity index is 0.986. The summed E-state index contributed by atoms with van der Waals surface area (Å²) in [5, 5.41) is 10.8. The fourth-order valence-corrected chi connectivity index (χ4v) is 15.6. The number of fused-ring (bicyclic) bond motifs is 4. The van der Waals surface area contributed by atoms with E-state index < -0.39 is 16.4 Å². The highest BCUT2D eigenvalue weighted by molar-refractivity contribution is 7.85. The molecule has 14 atom stereocenters. The van der Waals surface area contributed by atoms with Crippen molar-refractivity contribution in [2.45, 2.75) is 148 Å². The van der Waals surface area contributed by atoms with Crippen molar-refractivity contribution < 1.29 is 28.3 Å². The van der Waals surface area contributed by atoms with Gasteiger partial charge in [-0.2, -0.15) is 0 Å². The molecule has 5 saturated carbocycles. The number of rotatable bonds is 7. The van der Waals surface area contributed by atoms with Crippen LogP contribution in [0.1, 0.15) is 106 Å². The van der Waals surface area contributed by atoms with Crippen LogP contribution in [0, 0.1) is 51.2 Å². The summed E-state index contributed by atoms with van der Waals surface area (Å²) >= 11 is 0. The summed E-state index contributed by atoms with van der Waals surface area (Å²) in [5.41, 5.74) is 0.436. The molecule has 0 aromatic heterocycles. The van der Waals surface area contributed by atoms with Crippen molar-refractivity contribution in [3.05, 3.63) is 0 Å². The number of aliphatic hydroxyl groups is 1. The molecule has 46 heavy (non-hydrogen) atoms. The molecule has 0 amide bonds. The molecule has 8 rings (SSSR count). The Kier molecular flexibility index (Phi) is 8.06. The van der Waals surface area contributed by atoms with Crippen molar-refractivity contribution in [2.24, 2.45) is 51.2 Å². The number of ether oxygens (including phenoxy) is 4. The molecule has 5 aliphatic carbocycles. The summed E-state index contributed by atoms with van der Waals surface area (Å²) in [6.45, 7) is 20.1. The lowest BCUT2D eigenvalue weighted by atomic mass is 9.46. The molecule has 8 aliphatic rings. The van der Waals surface area contributed by atoms with Crippen LogP contribution in [0.5, 0.6) is 0 Å². The first-order valence-electron chi connectivity index (χ1n) is 19.1. The summed E-state index contributed by atoms with van der Waals surface area (Å²) in [4.78, 5) is 2.52. The molecule has 3 aliphatic heterocycles. The minimum atomic E-state index is -1.10. The smallest absolute Gasteiger partial charge is 0.170 e.